The lowest BCUT2D eigenvalue weighted by Crippen LogP contribution is -2.10. The predicted octanol–water partition coefficient (Wildman–Crippen LogP) is 3.41. The lowest BCUT2D eigenvalue weighted by molar-refractivity contribution is -0.140. The average Bonchev–Trinajstić information content (AvgIpc) is 2.72. The van der Waals surface area contributed by atoms with Crippen LogP contribution in [-0.4, -0.2) is 28.1 Å². The van der Waals surface area contributed by atoms with Crippen molar-refractivity contribution in [2.75, 3.05) is 7.11 Å². The van der Waals surface area contributed by atoms with Crippen molar-refractivity contribution in [1.29, 1.82) is 0 Å². The number of methoxy groups -OCH3 is 1. The van der Waals surface area contributed by atoms with Crippen molar-refractivity contribution in [3.05, 3.63) is 15.9 Å². The second-order valence-corrected chi connectivity index (χ2v) is 6.50. The first kappa shape index (κ1) is 16.6. The molecular formula is C13H21BrN2O2S. The van der Waals surface area contributed by atoms with Crippen molar-refractivity contribution in [1.82, 2.24) is 9.78 Å². The average molecular weight is 349 g/mol. The number of hydrogen-bond donors (Lipinski definition) is 0. The number of rotatable bonds is 7. The highest BCUT2D eigenvalue weighted by molar-refractivity contribution is 9.10. The van der Waals surface area contributed by atoms with Crippen molar-refractivity contribution in [3.8, 4) is 0 Å². The molecule has 0 radical (unpaired) electrons. The molecule has 108 valence electrons. The van der Waals surface area contributed by atoms with Gasteiger partial charge in [-0.15, -0.1) is 0 Å². The van der Waals surface area contributed by atoms with E-state index in [0.717, 1.165) is 28.9 Å². The summed E-state index contributed by atoms with van der Waals surface area (Å²) in [5.74, 6) is 0.692. The molecule has 1 aromatic rings. The summed E-state index contributed by atoms with van der Waals surface area (Å²) >= 11 is 5.38. The Kier molecular flexibility index (Phi) is 6.93. The van der Waals surface area contributed by atoms with Gasteiger partial charge in [-0.1, -0.05) is 13.8 Å². The molecule has 1 atom stereocenters. The van der Waals surface area contributed by atoms with Crippen LogP contribution in [0.2, 0.25) is 0 Å². The topological polar surface area (TPSA) is 44.1 Å². The summed E-state index contributed by atoms with van der Waals surface area (Å²) in [4.78, 5) is 11.2. The number of aryl methyl sites for hydroxylation is 2. The molecule has 1 heterocycles. The van der Waals surface area contributed by atoms with Crippen LogP contribution >= 0.6 is 27.7 Å². The SMILES string of the molecule is CCc1nn(CC)c(CSC(C)CC(=O)OC)c1Br. The Hall–Kier alpha value is -0.490. The van der Waals surface area contributed by atoms with Crippen LogP contribution in [0, 0.1) is 0 Å². The van der Waals surface area contributed by atoms with Crippen molar-refractivity contribution in [3.63, 3.8) is 0 Å². The van der Waals surface area contributed by atoms with E-state index in [9.17, 15) is 4.79 Å². The number of hydrogen-bond acceptors (Lipinski definition) is 4. The van der Waals surface area contributed by atoms with E-state index < -0.39 is 0 Å². The first-order valence-electron chi connectivity index (χ1n) is 6.45. The van der Waals surface area contributed by atoms with Gasteiger partial charge in [0.1, 0.15) is 0 Å². The van der Waals surface area contributed by atoms with Crippen LogP contribution < -0.4 is 0 Å². The third-order valence-corrected chi connectivity index (χ3v) is 4.97. The van der Waals surface area contributed by atoms with Crippen molar-refractivity contribution < 1.29 is 9.53 Å². The minimum absolute atomic E-state index is 0.155. The summed E-state index contributed by atoms with van der Waals surface area (Å²) in [6, 6.07) is 0. The Bertz CT molecular complexity index is 435. The van der Waals surface area contributed by atoms with Gasteiger partial charge >= 0.3 is 5.97 Å². The number of halogens is 1. The first-order valence-corrected chi connectivity index (χ1v) is 8.30. The number of thioether (sulfide) groups is 1. The molecule has 0 N–H and O–H groups in total. The van der Waals surface area contributed by atoms with Gasteiger partial charge in [-0.05, 0) is 29.3 Å². The molecule has 0 saturated carbocycles. The summed E-state index contributed by atoms with van der Waals surface area (Å²) in [6.07, 6.45) is 1.36. The minimum Gasteiger partial charge on any atom is -0.469 e. The normalized spacial score (nSPS) is 12.5. The lowest BCUT2D eigenvalue weighted by atomic mass is 10.3. The predicted molar refractivity (Wildman–Crippen MR) is 82.4 cm³/mol. The van der Waals surface area contributed by atoms with Crippen LogP contribution in [0.3, 0.4) is 0 Å². The number of esters is 1. The number of carbonyl (C=O) groups is 1. The van der Waals surface area contributed by atoms with Crippen LogP contribution in [0.15, 0.2) is 4.47 Å². The van der Waals surface area contributed by atoms with Gasteiger partial charge in [-0.2, -0.15) is 16.9 Å². The molecule has 0 aliphatic heterocycles. The number of nitrogens with zero attached hydrogens (tertiary/aromatic N) is 2. The fourth-order valence-electron chi connectivity index (χ4n) is 1.75. The summed E-state index contributed by atoms with van der Waals surface area (Å²) in [7, 11) is 1.43. The van der Waals surface area contributed by atoms with Gasteiger partial charge in [0.15, 0.2) is 0 Å². The standard InChI is InChI=1S/C13H21BrN2O2S/c1-5-10-13(14)11(16(6-2)15-10)8-19-9(3)7-12(17)18-4/h9H,5-8H2,1-4H3. The smallest absolute Gasteiger partial charge is 0.306 e. The molecule has 19 heavy (non-hydrogen) atoms. The van der Waals surface area contributed by atoms with E-state index >= 15 is 0 Å². The Morgan fingerprint density at radius 3 is 2.74 bits per heavy atom. The molecule has 0 aliphatic rings. The molecule has 0 amide bonds. The third-order valence-electron chi connectivity index (χ3n) is 2.88. The van der Waals surface area contributed by atoms with Gasteiger partial charge in [-0.25, -0.2) is 0 Å². The summed E-state index contributed by atoms with van der Waals surface area (Å²) in [5, 5.41) is 4.81. The van der Waals surface area contributed by atoms with Gasteiger partial charge in [0.25, 0.3) is 0 Å². The molecule has 1 unspecified atom stereocenters. The molecule has 6 heteroatoms. The monoisotopic (exact) mass is 348 g/mol. The molecule has 1 rings (SSSR count). The molecule has 1 aromatic heterocycles. The number of ether oxygens (including phenoxy) is 1. The second-order valence-electron chi connectivity index (χ2n) is 4.28. The Morgan fingerprint density at radius 2 is 2.21 bits per heavy atom. The molecule has 0 saturated heterocycles. The van der Waals surface area contributed by atoms with Crippen LogP contribution in [0.5, 0.6) is 0 Å². The Balaban J connectivity index is 2.66. The quantitative estimate of drug-likeness (QED) is 0.708. The molecule has 0 fully saturated rings. The van der Waals surface area contributed by atoms with Crippen molar-refractivity contribution >= 4 is 33.7 Å². The maximum Gasteiger partial charge on any atom is 0.306 e. The van der Waals surface area contributed by atoms with E-state index in [0.29, 0.717) is 6.42 Å². The zero-order valence-electron chi connectivity index (χ0n) is 11.9. The largest absolute Gasteiger partial charge is 0.469 e. The van der Waals surface area contributed by atoms with Gasteiger partial charge in [-0.3, -0.25) is 9.48 Å². The maximum absolute atomic E-state index is 11.2. The Morgan fingerprint density at radius 1 is 1.53 bits per heavy atom. The van der Waals surface area contributed by atoms with E-state index in [2.05, 4.69) is 39.6 Å². The van der Waals surface area contributed by atoms with Crippen LogP contribution in [0.25, 0.3) is 0 Å². The number of carbonyl (C=O) groups excluding carboxylic acids is 1. The highest BCUT2D eigenvalue weighted by Gasteiger charge is 2.16. The van der Waals surface area contributed by atoms with E-state index in [1.165, 1.54) is 12.8 Å². The second kappa shape index (κ2) is 7.94. The highest BCUT2D eigenvalue weighted by Crippen LogP contribution is 2.28. The fourth-order valence-corrected chi connectivity index (χ4v) is 3.63. The zero-order valence-corrected chi connectivity index (χ0v) is 14.3. The lowest BCUT2D eigenvalue weighted by Gasteiger charge is -2.11. The van der Waals surface area contributed by atoms with Gasteiger partial charge in [0, 0.05) is 17.5 Å². The van der Waals surface area contributed by atoms with E-state index in [1.54, 1.807) is 11.8 Å². The molecule has 0 bridgehead atoms. The van der Waals surface area contributed by atoms with Gasteiger partial charge < -0.3 is 4.74 Å². The van der Waals surface area contributed by atoms with E-state index in [1.807, 2.05) is 11.6 Å². The van der Waals surface area contributed by atoms with Gasteiger partial charge in [0.2, 0.25) is 0 Å². The van der Waals surface area contributed by atoms with Crippen LogP contribution in [0.1, 0.15) is 38.6 Å². The molecule has 0 aromatic carbocycles. The third kappa shape index (κ3) is 4.53. The minimum atomic E-state index is -0.155. The summed E-state index contributed by atoms with van der Waals surface area (Å²) in [6.45, 7) is 7.09. The highest BCUT2D eigenvalue weighted by atomic mass is 79.9. The molecular weight excluding hydrogens is 328 g/mol. The van der Waals surface area contributed by atoms with Crippen LogP contribution in [0.4, 0.5) is 0 Å². The van der Waals surface area contributed by atoms with Gasteiger partial charge in [0.05, 0.1) is 29.4 Å². The van der Waals surface area contributed by atoms with Crippen LogP contribution in [-0.2, 0) is 28.2 Å². The van der Waals surface area contributed by atoms with Crippen molar-refractivity contribution in [2.45, 2.75) is 51.2 Å². The maximum atomic E-state index is 11.2. The van der Waals surface area contributed by atoms with Crippen molar-refractivity contribution in [2.24, 2.45) is 0 Å². The molecule has 4 nitrogen and oxygen atoms in total. The van der Waals surface area contributed by atoms with E-state index in [-0.39, 0.29) is 11.2 Å². The fraction of sp³-hybridized carbons (Fsp3) is 0.692. The summed E-state index contributed by atoms with van der Waals surface area (Å²) in [5.41, 5.74) is 2.29. The molecule has 0 spiro atoms. The molecule has 0 aliphatic carbocycles. The summed E-state index contributed by atoms with van der Waals surface area (Å²) < 4.78 is 7.82. The Labute approximate surface area is 127 Å². The van der Waals surface area contributed by atoms with E-state index in [4.69, 9.17) is 0 Å². The number of aromatic nitrogens is 2. The first-order chi connectivity index (χ1) is 9.03. The zero-order chi connectivity index (χ0) is 14.4.